The van der Waals surface area contributed by atoms with Gasteiger partial charge < -0.3 is 15.2 Å². The van der Waals surface area contributed by atoms with Crippen molar-refractivity contribution in [3.05, 3.63) is 59.7 Å². The Bertz CT molecular complexity index is 665. The average molecular weight is 299 g/mol. The second-order valence-corrected chi connectivity index (χ2v) is 4.72. The third-order valence-electron chi connectivity index (χ3n) is 3.09. The van der Waals surface area contributed by atoms with Crippen LogP contribution in [0.2, 0.25) is 0 Å². The number of carbonyl (C=O) groups excluding carboxylic acids is 1. The molecule has 1 amide bonds. The van der Waals surface area contributed by atoms with Crippen molar-refractivity contribution < 1.29 is 19.4 Å². The van der Waals surface area contributed by atoms with E-state index in [-0.39, 0.29) is 18.1 Å². The maximum absolute atomic E-state index is 11.8. The number of carbonyl (C=O) groups is 2. The van der Waals surface area contributed by atoms with Gasteiger partial charge in [0.05, 0.1) is 5.56 Å². The Morgan fingerprint density at radius 1 is 1.14 bits per heavy atom. The number of carboxylic acids is 1. The van der Waals surface area contributed by atoms with E-state index < -0.39 is 5.97 Å². The predicted molar refractivity (Wildman–Crippen MR) is 83.3 cm³/mol. The molecule has 0 saturated heterocycles. The number of hydrogen-bond donors (Lipinski definition) is 2. The summed E-state index contributed by atoms with van der Waals surface area (Å²) in [5.74, 6) is -0.655. The van der Waals surface area contributed by atoms with Gasteiger partial charge in [-0.1, -0.05) is 19.1 Å². The molecule has 5 heteroatoms. The minimum Gasteiger partial charge on any atom is -0.484 e. The molecule has 0 atom stereocenters. The lowest BCUT2D eigenvalue weighted by Gasteiger charge is -2.08. The summed E-state index contributed by atoms with van der Waals surface area (Å²) in [4.78, 5) is 22.5. The molecule has 114 valence electrons. The van der Waals surface area contributed by atoms with Crippen LogP contribution in [0.25, 0.3) is 0 Å². The van der Waals surface area contributed by atoms with Crippen LogP contribution in [0.15, 0.2) is 48.5 Å². The van der Waals surface area contributed by atoms with E-state index in [4.69, 9.17) is 9.84 Å². The number of benzene rings is 2. The van der Waals surface area contributed by atoms with Crippen LogP contribution in [0.1, 0.15) is 22.8 Å². The number of ether oxygens (including phenoxy) is 1. The van der Waals surface area contributed by atoms with Gasteiger partial charge in [-0.2, -0.15) is 0 Å². The van der Waals surface area contributed by atoms with Gasteiger partial charge in [-0.05, 0) is 48.4 Å². The molecule has 22 heavy (non-hydrogen) atoms. The Balaban J connectivity index is 1.88. The minimum absolute atomic E-state index is 0.103. The number of aromatic carboxylic acids is 1. The lowest BCUT2D eigenvalue weighted by atomic mass is 10.2. The van der Waals surface area contributed by atoms with Crippen molar-refractivity contribution in [2.45, 2.75) is 13.3 Å². The van der Waals surface area contributed by atoms with Gasteiger partial charge in [-0.15, -0.1) is 0 Å². The van der Waals surface area contributed by atoms with E-state index >= 15 is 0 Å². The fourth-order valence-corrected chi connectivity index (χ4v) is 1.90. The molecule has 2 N–H and O–H groups in total. The van der Waals surface area contributed by atoms with Crippen LogP contribution in [0.3, 0.4) is 0 Å². The summed E-state index contributed by atoms with van der Waals surface area (Å²) in [6.07, 6.45) is 0.902. The Morgan fingerprint density at radius 3 is 2.50 bits per heavy atom. The first-order valence-corrected chi connectivity index (χ1v) is 6.93. The molecule has 2 rings (SSSR count). The highest BCUT2D eigenvalue weighted by molar-refractivity contribution is 5.93. The molecule has 0 aliphatic carbocycles. The average Bonchev–Trinajstić information content (AvgIpc) is 2.53. The summed E-state index contributed by atoms with van der Waals surface area (Å²) in [5, 5.41) is 11.5. The number of carboxylic acid groups (broad SMARTS) is 1. The minimum atomic E-state index is -1.00. The first kappa shape index (κ1) is 15.6. The number of aryl methyl sites for hydroxylation is 1. The molecule has 0 heterocycles. The van der Waals surface area contributed by atoms with E-state index in [0.717, 1.165) is 12.0 Å². The molecule has 0 radical (unpaired) electrons. The van der Waals surface area contributed by atoms with E-state index in [1.807, 2.05) is 25.1 Å². The van der Waals surface area contributed by atoms with Crippen molar-refractivity contribution in [3.8, 4) is 5.75 Å². The smallest absolute Gasteiger partial charge is 0.335 e. The largest absolute Gasteiger partial charge is 0.484 e. The molecular weight excluding hydrogens is 282 g/mol. The lowest BCUT2D eigenvalue weighted by Crippen LogP contribution is -2.20. The van der Waals surface area contributed by atoms with Gasteiger partial charge in [-0.25, -0.2) is 4.79 Å². The van der Waals surface area contributed by atoms with Gasteiger partial charge in [0.1, 0.15) is 5.75 Å². The van der Waals surface area contributed by atoms with E-state index in [1.165, 1.54) is 12.1 Å². The van der Waals surface area contributed by atoms with E-state index in [0.29, 0.717) is 11.4 Å². The molecule has 5 nitrogen and oxygen atoms in total. The quantitative estimate of drug-likeness (QED) is 0.860. The van der Waals surface area contributed by atoms with E-state index in [1.54, 1.807) is 18.2 Å². The summed E-state index contributed by atoms with van der Waals surface area (Å²) >= 11 is 0. The van der Waals surface area contributed by atoms with Crippen molar-refractivity contribution in [1.29, 1.82) is 0 Å². The van der Waals surface area contributed by atoms with Crippen LogP contribution in [0, 0.1) is 0 Å². The van der Waals surface area contributed by atoms with Gasteiger partial charge in [0.25, 0.3) is 5.91 Å². The second kappa shape index (κ2) is 7.26. The standard InChI is InChI=1S/C17H17NO4/c1-2-12-4-3-5-15(10-12)22-11-16(19)18-14-8-6-13(7-9-14)17(20)21/h3-10H,2,11H2,1H3,(H,18,19)(H,20,21). The van der Waals surface area contributed by atoms with Crippen molar-refractivity contribution in [2.24, 2.45) is 0 Å². The highest BCUT2D eigenvalue weighted by Gasteiger charge is 2.06. The highest BCUT2D eigenvalue weighted by Crippen LogP contribution is 2.14. The Hall–Kier alpha value is -2.82. The summed E-state index contributed by atoms with van der Waals surface area (Å²) in [5.41, 5.74) is 1.84. The Morgan fingerprint density at radius 2 is 1.86 bits per heavy atom. The van der Waals surface area contributed by atoms with Crippen LogP contribution < -0.4 is 10.1 Å². The zero-order valence-electron chi connectivity index (χ0n) is 12.2. The van der Waals surface area contributed by atoms with Crippen LogP contribution in [-0.4, -0.2) is 23.6 Å². The summed E-state index contributed by atoms with van der Waals surface area (Å²) < 4.78 is 5.44. The van der Waals surface area contributed by atoms with Crippen molar-refractivity contribution in [2.75, 3.05) is 11.9 Å². The Kier molecular flexibility index (Phi) is 5.14. The molecular formula is C17H17NO4. The first-order chi connectivity index (χ1) is 10.6. The summed E-state index contributed by atoms with van der Waals surface area (Å²) in [6, 6.07) is 13.5. The first-order valence-electron chi connectivity index (χ1n) is 6.93. The van der Waals surface area contributed by atoms with E-state index in [2.05, 4.69) is 5.32 Å². The second-order valence-electron chi connectivity index (χ2n) is 4.72. The fourth-order valence-electron chi connectivity index (χ4n) is 1.90. The number of amides is 1. The molecule has 0 spiro atoms. The van der Waals surface area contributed by atoms with Gasteiger partial charge in [0.15, 0.2) is 6.61 Å². The molecule has 2 aromatic rings. The van der Waals surface area contributed by atoms with Crippen LogP contribution >= 0.6 is 0 Å². The molecule has 0 saturated carbocycles. The van der Waals surface area contributed by atoms with E-state index in [9.17, 15) is 9.59 Å². The van der Waals surface area contributed by atoms with Crippen LogP contribution in [0.4, 0.5) is 5.69 Å². The normalized spacial score (nSPS) is 10.0. The molecule has 2 aromatic carbocycles. The maximum Gasteiger partial charge on any atom is 0.335 e. The van der Waals surface area contributed by atoms with Crippen molar-refractivity contribution >= 4 is 17.6 Å². The lowest BCUT2D eigenvalue weighted by molar-refractivity contribution is -0.118. The number of nitrogens with one attached hydrogen (secondary N) is 1. The van der Waals surface area contributed by atoms with Gasteiger partial charge >= 0.3 is 5.97 Å². The zero-order chi connectivity index (χ0) is 15.9. The number of rotatable bonds is 6. The van der Waals surface area contributed by atoms with Gasteiger partial charge in [0, 0.05) is 5.69 Å². The van der Waals surface area contributed by atoms with Crippen molar-refractivity contribution in [1.82, 2.24) is 0 Å². The maximum atomic E-state index is 11.8. The van der Waals surface area contributed by atoms with Crippen molar-refractivity contribution in [3.63, 3.8) is 0 Å². The zero-order valence-corrected chi connectivity index (χ0v) is 12.2. The van der Waals surface area contributed by atoms with Crippen LogP contribution in [0.5, 0.6) is 5.75 Å². The monoisotopic (exact) mass is 299 g/mol. The predicted octanol–water partition coefficient (Wildman–Crippen LogP) is 2.96. The SMILES string of the molecule is CCc1cccc(OCC(=O)Nc2ccc(C(=O)O)cc2)c1. The summed E-state index contributed by atoms with van der Waals surface area (Å²) in [6.45, 7) is 1.94. The third kappa shape index (κ3) is 4.34. The molecule has 0 aromatic heterocycles. The molecule has 0 unspecified atom stereocenters. The molecule has 0 aliphatic heterocycles. The Labute approximate surface area is 128 Å². The molecule has 0 fully saturated rings. The number of hydrogen-bond acceptors (Lipinski definition) is 3. The molecule has 0 bridgehead atoms. The fraction of sp³-hybridized carbons (Fsp3) is 0.176. The third-order valence-corrected chi connectivity index (χ3v) is 3.09. The van der Waals surface area contributed by atoms with Gasteiger partial charge in [-0.3, -0.25) is 4.79 Å². The summed E-state index contributed by atoms with van der Waals surface area (Å²) in [7, 11) is 0. The topological polar surface area (TPSA) is 75.6 Å². The number of anilines is 1. The highest BCUT2D eigenvalue weighted by atomic mass is 16.5. The van der Waals surface area contributed by atoms with Crippen LogP contribution in [-0.2, 0) is 11.2 Å². The van der Waals surface area contributed by atoms with Gasteiger partial charge in [0.2, 0.25) is 0 Å². The molecule has 0 aliphatic rings.